The predicted molar refractivity (Wildman–Crippen MR) is 80.1 cm³/mol. The molecule has 2 rings (SSSR count). The van der Waals surface area contributed by atoms with Gasteiger partial charge in [-0.05, 0) is 36.8 Å². The van der Waals surface area contributed by atoms with E-state index in [4.69, 9.17) is 0 Å². The maximum absolute atomic E-state index is 3.35. The Hall–Kier alpha value is -1.24. The zero-order valence-electron chi connectivity index (χ0n) is 12.3. The SMILES string of the molecule is CNc1ccccc1C1(C)CC=C(C)CC1(C)C. The molecule has 0 aliphatic heterocycles. The number of rotatable bonds is 2. The highest BCUT2D eigenvalue weighted by Crippen LogP contribution is 2.52. The summed E-state index contributed by atoms with van der Waals surface area (Å²) in [6.07, 6.45) is 4.73. The number of anilines is 1. The van der Waals surface area contributed by atoms with Crippen LogP contribution in [0.4, 0.5) is 5.69 Å². The van der Waals surface area contributed by atoms with Crippen LogP contribution in [0.15, 0.2) is 35.9 Å². The second-order valence-electron chi connectivity index (χ2n) is 6.44. The lowest BCUT2D eigenvalue weighted by atomic mass is 9.56. The Balaban J connectivity index is 2.54. The molecule has 98 valence electrons. The molecule has 1 N–H and O–H groups in total. The molecule has 1 aliphatic rings. The van der Waals surface area contributed by atoms with Gasteiger partial charge in [0, 0.05) is 18.2 Å². The third kappa shape index (κ3) is 1.96. The van der Waals surface area contributed by atoms with Crippen molar-refractivity contribution >= 4 is 5.69 Å². The average Bonchev–Trinajstić information content (AvgIpc) is 2.33. The molecule has 0 amide bonds. The first kappa shape index (κ1) is 13.2. The highest BCUT2D eigenvalue weighted by molar-refractivity contribution is 5.55. The van der Waals surface area contributed by atoms with E-state index in [2.05, 4.69) is 63.4 Å². The molecular formula is C17H25N. The van der Waals surface area contributed by atoms with Crippen LogP contribution in [0.1, 0.15) is 46.1 Å². The van der Waals surface area contributed by atoms with Crippen molar-refractivity contribution in [2.24, 2.45) is 5.41 Å². The normalized spacial score (nSPS) is 26.6. The number of allylic oxidation sites excluding steroid dienone is 2. The van der Waals surface area contributed by atoms with Crippen molar-refractivity contribution in [2.45, 2.75) is 46.0 Å². The van der Waals surface area contributed by atoms with Crippen molar-refractivity contribution in [1.82, 2.24) is 0 Å². The summed E-state index contributed by atoms with van der Waals surface area (Å²) in [6, 6.07) is 8.72. The van der Waals surface area contributed by atoms with Crippen LogP contribution >= 0.6 is 0 Å². The molecule has 0 radical (unpaired) electrons. The summed E-state index contributed by atoms with van der Waals surface area (Å²) >= 11 is 0. The molecule has 0 saturated carbocycles. The third-order valence-electron chi connectivity index (χ3n) is 4.86. The molecule has 0 heterocycles. The lowest BCUT2D eigenvalue weighted by molar-refractivity contribution is 0.166. The second kappa shape index (κ2) is 4.46. The van der Waals surface area contributed by atoms with Gasteiger partial charge in [0.05, 0.1) is 0 Å². The van der Waals surface area contributed by atoms with Gasteiger partial charge in [0.25, 0.3) is 0 Å². The van der Waals surface area contributed by atoms with Gasteiger partial charge in [0.2, 0.25) is 0 Å². The summed E-state index contributed by atoms with van der Waals surface area (Å²) in [7, 11) is 2.01. The Morgan fingerprint density at radius 3 is 2.39 bits per heavy atom. The van der Waals surface area contributed by atoms with Crippen LogP contribution in [0.2, 0.25) is 0 Å². The molecule has 0 bridgehead atoms. The number of nitrogens with one attached hydrogen (secondary N) is 1. The van der Waals surface area contributed by atoms with Crippen molar-refractivity contribution in [3.8, 4) is 0 Å². The van der Waals surface area contributed by atoms with Crippen LogP contribution in [-0.4, -0.2) is 7.05 Å². The molecule has 0 fully saturated rings. The van der Waals surface area contributed by atoms with Crippen LogP contribution in [-0.2, 0) is 5.41 Å². The molecule has 1 heteroatoms. The van der Waals surface area contributed by atoms with Gasteiger partial charge in [-0.25, -0.2) is 0 Å². The Labute approximate surface area is 111 Å². The van der Waals surface area contributed by atoms with Gasteiger partial charge in [0.1, 0.15) is 0 Å². The van der Waals surface area contributed by atoms with E-state index in [9.17, 15) is 0 Å². The summed E-state index contributed by atoms with van der Waals surface area (Å²) in [5, 5.41) is 3.35. The summed E-state index contributed by atoms with van der Waals surface area (Å²) in [4.78, 5) is 0. The topological polar surface area (TPSA) is 12.0 Å². The monoisotopic (exact) mass is 243 g/mol. The van der Waals surface area contributed by atoms with Crippen molar-refractivity contribution < 1.29 is 0 Å². The Kier molecular flexibility index (Phi) is 3.27. The molecule has 1 aromatic rings. The number of hydrogen-bond donors (Lipinski definition) is 1. The number of para-hydroxylation sites is 1. The van der Waals surface area contributed by atoms with Crippen molar-refractivity contribution in [3.63, 3.8) is 0 Å². The van der Waals surface area contributed by atoms with Gasteiger partial charge >= 0.3 is 0 Å². The van der Waals surface area contributed by atoms with Crippen LogP contribution in [0, 0.1) is 5.41 Å². The standard InChI is InChI=1S/C17H25N/c1-13-10-11-17(4,16(2,3)12-13)14-8-6-7-9-15(14)18-5/h6-10,18H,11-12H2,1-5H3. The molecule has 1 aliphatic carbocycles. The highest BCUT2D eigenvalue weighted by Gasteiger charge is 2.44. The van der Waals surface area contributed by atoms with E-state index in [0.29, 0.717) is 5.41 Å². The molecule has 0 saturated heterocycles. The Bertz CT molecular complexity index is 470. The van der Waals surface area contributed by atoms with E-state index >= 15 is 0 Å². The van der Waals surface area contributed by atoms with Gasteiger partial charge in [0.15, 0.2) is 0 Å². The Morgan fingerprint density at radius 1 is 1.11 bits per heavy atom. The predicted octanol–water partition coefficient (Wildman–Crippen LogP) is 4.75. The zero-order valence-corrected chi connectivity index (χ0v) is 12.3. The lowest BCUT2D eigenvalue weighted by Gasteiger charge is -2.48. The molecule has 1 atom stereocenters. The molecule has 1 nitrogen and oxygen atoms in total. The summed E-state index contributed by atoms with van der Waals surface area (Å²) in [5.41, 5.74) is 4.73. The first-order chi connectivity index (χ1) is 8.40. The van der Waals surface area contributed by atoms with Crippen molar-refractivity contribution in [1.29, 1.82) is 0 Å². The number of benzene rings is 1. The van der Waals surface area contributed by atoms with Crippen molar-refractivity contribution in [2.75, 3.05) is 12.4 Å². The van der Waals surface area contributed by atoms with E-state index < -0.39 is 0 Å². The fourth-order valence-corrected chi connectivity index (χ4v) is 3.28. The Morgan fingerprint density at radius 2 is 1.78 bits per heavy atom. The van der Waals surface area contributed by atoms with E-state index in [1.807, 2.05) is 7.05 Å². The first-order valence-electron chi connectivity index (χ1n) is 6.83. The van der Waals surface area contributed by atoms with Gasteiger partial charge in [-0.3, -0.25) is 0 Å². The minimum absolute atomic E-state index is 0.201. The molecule has 1 aromatic carbocycles. The molecule has 18 heavy (non-hydrogen) atoms. The van der Waals surface area contributed by atoms with Crippen LogP contribution in [0.3, 0.4) is 0 Å². The average molecular weight is 243 g/mol. The number of hydrogen-bond acceptors (Lipinski definition) is 1. The second-order valence-corrected chi connectivity index (χ2v) is 6.44. The molecule has 1 unspecified atom stereocenters. The first-order valence-corrected chi connectivity index (χ1v) is 6.83. The minimum atomic E-state index is 0.201. The van der Waals surface area contributed by atoms with Gasteiger partial charge in [-0.15, -0.1) is 0 Å². The van der Waals surface area contributed by atoms with Crippen LogP contribution in [0.5, 0.6) is 0 Å². The molecular weight excluding hydrogens is 218 g/mol. The zero-order chi connectivity index (χ0) is 13.4. The third-order valence-corrected chi connectivity index (χ3v) is 4.86. The lowest BCUT2D eigenvalue weighted by Crippen LogP contribution is -2.41. The molecule has 0 aromatic heterocycles. The quantitative estimate of drug-likeness (QED) is 0.739. The van der Waals surface area contributed by atoms with E-state index in [1.54, 1.807) is 0 Å². The smallest absolute Gasteiger partial charge is 0.0376 e. The van der Waals surface area contributed by atoms with E-state index in [0.717, 1.165) is 6.42 Å². The van der Waals surface area contributed by atoms with E-state index in [1.165, 1.54) is 23.2 Å². The molecule has 0 spiro atoms. The summed E-state index contributed by atoms with van der Waals surface area (Å²) in [6.45, 7) is 9.46. The largest absolute Gasteiger partial charge is 0.388 e. The van der Waals surface area contributed by atoms with Crippen LogP contribution in [0.25, 0.3) is 0 Å². The maximum Gasteiger partial charge on any atom is 0.0376 e. The highest BCUT2D eigenvalue weighted by atomic mass is 14.8. The van der Waals surface area contributed by atoms with Crippen molar-refractivity contribution in [3.05, 3.63) is 41.5 Å². The van der Waals surface area contributed by atoms with Gasteiger partial charge in [-0.2, -0.15) is 0 Å². The minimum Gasteiger partial charge on any atom is -0.388 e. The summed E-state index contributed by atoms with van der Waals surface area (Å²) < 4.78 is 0. The summed E-state index contributed by atoms with van der Waals surface area (Å²) in [5.74, 6) is 0. The maximum atomic E-state index is 3.35. The van der Waals surface area contributed by atoms with Gasteiger partial charge < -0.3 is 5.32 Å². The fourth-order valence-electron chi connectivity index (χ4n) is 3.28. The fraction of sp³-hybridized carbons (Fsp3) is 0.529. The van der Waals surface area contributed by atoms with E-state index in [-0.39, 0.29) is 5.41 Å². The van der Waals surface area contributed by atoms with Gasteiger partial charge in [-0.1, -0.05) is 50.6 Å². The van der Waals surface area contributed by atoms with Crippen LogP contribution < -0.4 is 5.32 Å².